The van der Waals surface area contributed by atoms with Crippen LogP contribution in [-0.4, -0.2) is 58.1 Å². The number of halogens is 8. The third kappa shape index (κ3) is 6.83. The van der Waals surface area contributed by atoms with Crippen molar-refractivity contribution >= 4 is 15.8 Å². The summed E-state index contributed by atoms with van der Waals surface area (Å²) >= 11 is 0. The molecule has 0 N–H and O–H groups in total. The fourth-order valence-electron chi connectivity index (χ4n) is 4.43. The highest BCUT2D eigenvalue weighted by Gasteiger charge is 2.48. The van der Waals surface area contributed by atoms with Crippen LogP contribution in [0.3, 0.4) is 0 Å². The zero-order valence-corrected chi connectivity index (χ0v) is 22.1. The van der Waals surface area contributed by atoms with Crippen molar-refractivity contribution in [2.24, 2.45) is 0 Å². The summed E-state index contributed by atoms with van der Waals surface area (Å²) in [5.74, 6) is -3.82. The normalized spacial score (nSPS) is 20.1. The monoisotopic (exact) mass is 624 g/mol. The van der Waals surface area contributed by atoms with Crippen molar-refractivity contribution in [3.63, 3.8) is 0 Å². The first-order valence-electron chi connectivity index (χ1n) is 12.1. The number of ether oxygens (including phenoxy) is 1. The number of aryl methyl sites for hydroxylation is 1. The lowest BCUT2D eigenvalue weighted by Gasteiger charge is -2.26. The van der Waals surface area contributed by atoms with Crippen LogP contribution in [0, 0.1) is 5.82 Å². The van der Waals surface area contributed by atoms with Crippen molar-refractivity contribution in [2.75, 3.05) is 0 Å². The van der Waals surface area contributed by atoms with Gasteiger partial charge in [0.05, 0.1) is 23.2 Å². The molecule has 1 aromatic carbocycles. The molecule has 0 amide bonds. The van der Waals surface area contributed by atoms with E-state index in [-0.39, 0.29) is 28.1 Å². The Hall–Kier alpha value is -3.73. The largest absolute Gasteiger partial charge is 0.573 e. The number of carbonyl (C=O) groups is 1. The van der Waals surface area contributed by atoms with Crippen LogP contribution >= 0.6 is 0 Å². The predicted octanol–water partition coefficient (Wildman–Crippen LogP) is 5.29. The first-order valence-corrected chi connectivity index (χ1v) is 13.5. The van der Waals surface area contributed by atoms with E-state index in [0.29, 0.717) is 22.9 Å². The molecule has 0 bridgehead atoms. The molecule has 3 aromatic rings. The maximum atomic E-state index is 14.7. The molecule has 8 nitrogen and oxygen atoms in total. The van der Waals surface area contributed by atoms with Crippen molar-refractivity contribution in [1.29, 1.82) is 0 Å². The van der Waals surface area contributed by atoms with E-state index in [9.17, 15) is 48.3 Å². The molecule has 3 atom stereocenters. The summed E-state index contributed by atoms with van der Waals surface area (Å²) in [6, 6.07) is 2.13. The fraction of sp³-hybridized carbons (Fsp3) is 0.360. The lowest BCUT2D eigenvalue weighted by Crippen LogP contribution is -2.44. The number of aromatic nitrogens is 3. The summed E-state index contributed by atoms with van der Waals surface area (Å²) in [6.45, 7) is 1.28. The van der Waals surface area contributed by atoms with E-state index in [4.69, 9.17) is 0 Å². The molecule has 0 unspecified atom stereocenters. The summed E-state index contributed by atoms with van der Waals surface area (Å²) in [6.07, 6.45) is -11.0. The molecule has 3 heterocycles. The number of alkyl halides is 7. The number of sulfonamides is 1. The molecular weight excluding hydrogens is 604 g/mol. The Morgan fingerprint density at radius 3 is 2.21 bits per heavy atom. The van der Waals surface area contributed by atoms with Gasteiger partial charge in [-0.3, -0.25) is 9.78 Å². The number of pyridine rings is 1. The van der Waals surface area contributed by atoms with Crippen molar-refractivity contribution in [1.82, 2.24) is 19.3 Å². The van der Waals surface area contributed by atoms with Crippen LogP contribution in [0.2, 0.25) is 0 Å². The number of Topliss-reactive ketones (excluding diaryl/α,β-unsaturated/α-hetero) is 1. The minimum Gasteiger partial charge on any atom is -0.403 e. The zero-order chi connectivity index (χ0) is 31.0. The summed E-state index contributed by atoms with van der Waals surface area (Å²) in [5.41, 5.74) is -0.667. The summed E-state index contributed by atoms with van der Waals surface area (Å²) in [5, 5.41) is 0. The standard InChI is InChI=1S/C25H20F8N4O4S/c1-13-19(27)9-20(37(13)42(39,40)17-5-2-15(26)3-6-17)21(38)7-4-16-8-18(22(12-34-16)41-25(31,32)33)14-10-35-23(36-11-14)24(28,29)30/h2-3,5-6,8,10-13,19-20H,4,7,9H2,1H3/t13-,19+,20-/m0/s1. The Morgan fingerprint density at radius 1 is 1.02 bits per heavy atom. The van der Waals surface area contributed by atoms with Crippen molar-refractivity contribution < 1.29 is 53.1 Å². The molecule has 1 saturated heterocycles. The molecule has 1 fully saturated rings. The minimum absolute atomic E-state index is 0.0106. The fourth-order valence-corrected chi connectivity index (χ4v) is 6.26. The van der Waals surface area contributed by atoms with Crippen LogP contribution in [0.5, 0.6) is 5.75 Å². The van der Waals surface area contributed by atoms with Gasteiger partial charge in [0, 0.05) is 42.1 Å². The van der Waals surface area contributed by atoms with Crippen LogP contribution in [0.15, 0.2) is 53.8 Å². The first-order chi connectivity index (χ1) is 19.5. The second kappa shape index (κ2) is 11.5. The third-order valence-electron chi connectivity index (χ3n) is 6.43. The molecule has 1 aliphatic rings. The van der Waals surface area contributed by atoms with Gasteiger partial charge in [0.1, 0.15) is 12.0 Å². The number of hydrogen-bond donors (Lipinski definition) is 0. The summed E-state index contributed by atoms with van der Waals surface area (Å²) < 4.78 is 136. The topological polar surface area (TPSA) is 102 Å². The minimum atomic E-state index is -5.18. The third-order valence-corrected chi connectivity index (χ3v) is 8.44. The Kier molecular flexibility index (Phi) is 8.55. The van der Waals surface area contributed by atoms with Gasteiger partial charge in [-0.05, 0) is 43.7 Å². The number of nitrogens with zero attached hydrogens (tertiary/aromatic N) is 4. The number of carbonyl (C=O) groups excluding carboxylic acids is 1. The van der Waals surface area contributed by atoms with Gasteiger partial charge >= 0.3 is 12.5 Å². The molecule has 0 spiro atoms. The molecule has 4 rings (SSSR count). The Balaban J connectivity index is 1.59. The first kappa shape index (κ1) is 31.2. The Morgan fingerprint density at radius 2 is 1.64 bits per heavy atom. The second-order valence-corrected chi connectivity index (χ2v) is 11.1. The average molecular weight is 625 g/mol. The highest BCUT2D eigenvalue weighted by Crippen LogP contribution is 2.36. The van der Waals surface area contributed by atoms with Gasteiger partial charge in [-0.2, -0.15) is 17.5 Å². The molecule has 0 aliphatic carbocycles. The molecule has 0 saturated carbocycles. The smallest absolute Gasteiger partial charge is 0.403 e. The van der Waals surface area contributed by atoms with E-state index in [1.807, 2.05) is 0 Å². The van der Waals surface area contributed by atoms with Crippen molar-refractivity contribution in [2.45, 2.75) is 61.9 Å². The van der Waals surface area contributed by atoms with Crippen LogP contribution in [0.1, 0.15) is 31.3 Å². The van der Waals surface area contributed by atoms with Crippen LogP contribution in [0.4, 0.5) is 35.1 Å². The molecule has 2 aromatic heterocycles. The highest BCUT2D eigenvalue weighted by molar-refractivity contribution is 7.89. The van der Waals surface area contributed by atoms with Gasteiger partial charge in [0.15, 0.2) is 11.5 Å². The maximum Gasteiger partial charge on any atom is 0.573 e. The highest BCUT2D eigenvalue weighted by atomic mass is 32.2. The van der Waals surface area contributed by atoms with Gasteiger partial charge in [-0.15, -0.1) is 13.2 Å². The predicted molar refractivity (Wildman–Crippen MR) is 128 cm³/mol. The Labute approximate surface area is 233 Å². The number of hydrogen-bond acceptors (Lipinski definition) is 7. The van der Waals surface area contributed by atoms with Crippen LogP contribution in [-0.2, 0) is 27.4 Å². The second-order valence-electron chi connectivity index (χ2n) is 9.28. The quantitative estimate of drug-likeness (QED) is 0.314. The van der Waals surface area contributed by atoms with E-state index in [2.05, 4.69) is 19.7 Å². The number of benzene rings is 1. The van der Waals surface area contributed by atoms with E-state index < -0.39 is 76.8 Å². The SMILES string of the molecule is C[C@H]1[C@H](F)C[C@@H](C(=O)CCc2cc(-c3cnc(C(F)(F)F)nc3)c(OC(F)(F)F)cn2)N1S(=O)(=O)c1ccc(F)cc1. The van der Waals surface area contributed by atoms with E-state index in [0.717, 1.165) is 30.3 Å². The van der Waals surface area contributed by atoms with Crippen molar-refractivity contribution in [3.8, 4) is 16.9 Å². The molecule has 0 radical (unpaired) electrons. The molecule has 17 heteroatoms. The van der Waals surface area contributed by atoms with Gasteiger partial charge in [0.2, 0.25) is 15.8 Å². The van der Waals surface area contributed by atoms with E-state index in [1.54, 1.807) is 0 Å². The van der Waals surface area contributed by atoms with Crippen molar-refractivity contribution in [3.05, 3.63) is 66.3 Å². The number of ketones is 1. The Bertz CT molecular complexity index is 1550. The lowest BCUT2D eigenvalue weighted by molar-refractivity contribution is -0.274. The van der Waals surface area contributed by atoms with Crippen LogP contribution in [0.25, 0.3) is 11.1 Å². The van der Waals surface area contributed by atoms with E-state index in [1.165, 1.54) is 6.92 Å². The molecule has 42 heavy (non-hydrogen) atoms. The van der Waals surface area contributed by atoms with Gasteiger partial charge in [-0.25, -0.2) is 27.2 Å². The molecular formula is C25H20F8N4O4S. The number of rotatable bonds is 8. The van der Waals surface area contributed by atoms with Gasteiger partial charge < -0.3 is 4.74 Å². The summed E-state index contributed by atoms with van der Waals surface area (Å²) in [4.78, 5) is 22.9. The van der Waals surface area contributed by atoms with Gasteiger partial charge in [-0.1, -0.05) is 0 Å². The van der Waals surface area contributed by atoms with Gasteiger partial charge in [0.25, 0.3) is 0 Å². The molecule has 1 aliphatic heterocycles. The lowest BCUT2D eigenvalue weighted by atomic mass is 10.0. The summed E-state index contributed by atoms with van der Waals surface area (Å²) in [7, 11) is -4.42. The zero-order valence-electron chi connectivity index (χ0n) is 21.3. The maximum absolute atomic E-state index is 14.7. The van der Waals surface area contributed by atoms with Crippen LogP contribution < -0.4 is 4.74 Å². The average Bonchev–Trinajstić information content (AvgIpc) is 3.21. The molecule has 226 valence electrons. The van der Waals surface area contributed by atoms with E-state index >= 15 is 0 Å².